The third kappa shape index (κ3) is 4.13. The second kappa shape index (κ2) is 9.23. The molecule has 0 unspecified atom stereocenters. The molecule has 7 heteroatoms. The Morgan fingerprint density at radius 1 is 0.892 bits per heavy atom. The molecule has 186 valence electrons. The summed E-state index contributed by atoms with van der Waals surface area (Å²) in [7, 11) is 0. The average Bonchev–Trinajstić information content (AvgIpc) is 3.70. The van der Waals surface area contributed by atoms with Gasteiger partial charge in [-0.25, -0.2) is 9.97 Å². The number of rotatable bonds is 5. The Kier molecular flexibility index (Phi) is 5.58. The Morgan fingerprint density at radius 2 is 1.81 bits per heavy atom. The van der Waals surface area contributed by atoms with Crippen LogP contribution in [0.2, 0.25) is 0 Å². The first-order valence-corrected chi connectivity index (χ1v) is 13.4. The zero-order chi connectivity index (χ0) is 24.8. The van der Waals surface area contributed by atoms with Gasteiger partial charge < -0.3 is 9.80 Å². The minimum Gasteiger partial charge on any atom is -0.352 e. The SMILES string of the molecule is Cc1cc(-c2cnc3cc(-c4ccc(N5CCC[C@@H]5CN5CCCC5)nc4)ccn23)c2ccncc2n1. The van der Waals surface area contributed by atoms with Crippen LogP contribution in [0.3, 0.4) is 0 Å². The molecule has 0 amide bonds. The largest absolute Gasteiger partial charge is 0.352 e. The van der Waals surface area contributed by atoms with Crippen molar-refractivity contribution in [2.75, 3.05) is 31.1 Å². The number of anilines is 1. The quantitative estimate of drug-likeness (QED) is 0.330. The van der Waals surface area contributed by atoms with E-state index >= 15 is 0 Å². The molecule has 0 bridgehead atoms. The summed E-state index contributed by atoms with van der Waals surface area (Å²) in [6.07, 6.45) is 14.9. The normalized spacial score (nSPS) is 18.4. The highest BCUT2D eigenvalue weighted by molar-refractivity contribution is 5.93. The van der Waals surface area contributed by atoms with Gasteiger partial charge in [0.2, 0.25) is 0 Å². The van der Waals surface area contributed by atoms with Crippen molar-refractivity contribution in [3.63, 3.8) is 0 Å². The molecule has 0 N–H and O–H groups in total. The van der Waals surface area contributed by atoms with E-state index in [0.717, 1.165) is 57.0 Å². The van der Waals surface area contributed by atoms with Gasteiger partial charge in [-0.2, -0.15) is 0 Å². The van der Waals surface area contributed by atoms with Crippen LogP contribution in [0.25, 0.3) is 38.9 Å². The molecular formula is C30H31N7. The van der Waals surface area contributed by atoms with Gasteiger partial charge in [0, 0.05) is 59.9 Å². The van der Waals surface area contributed by atoms with Gasteiger partial charge in [0.1, 0.15) is 11.5 Å². The second-order valence-corrected chi connectivity index (χ2v) is 10.4. The standard InChI is InChI=1S/C30H31N7/c1-21-15-26(25-8-10-31-18-27(25)34-21)28-19-33-30-16-22(9-14-37(28)30)23-6-7-29(32-17-23)36-13-4-5-24(36)20-35-11-2-3-12-35/h6-10,14-19,24H,2-5,11-13,20H2,1H3/t24-/m1/s1. The van der Waals surface area contributed by atoms with Crippen molar-refractivity contribution >= 4 is 22.4 Å². The predicted octanol–water partition coefficient (Wildman–Crippen LogP) is 5.38. The van der Waals surface area contributed by atoms with E-state index < -0.39 is 0 Å². The molecule has 37 heavy (non-hydrogen) atoms. The highest BCUT2D eigenvalue weighted by Crippen LogP contribution is 2.31. The van der Waals surface area contributed by atoms with Crippen LogP contribution in [0.1, 0.15) is 31.4 Å². The van der Waals surface area contributed by atoms with Gasteiger partial charge in [-0.3, -0.25) is 14.4 Å². The molecule has 0 radical (unpaired) electrons. The summed E-state index contributed by atoms with van der Waals surface area (Å²) in [6.45, 7) is 6.80. The summed E-state index contributed by atoms with van der Waals surface area (Å²) < 4.78 is 2.15. The molecule has 2 saturated heterocycles. The molecular weight excluding hydrogens is 458 g/mol. The van der Waals surface area contributed by atoms with Crippen molar-refractivity contribution in [3.05, 3.63) is 73.1 Å². The van der Waals surface area contributed by atoms with Crippen LogP contribution in [-0.4, -0.2) is 61.5 Å². The van der Waals surface area contributed by atoms with Gasteiger partial charge in [0.25, 0.3) is 0 Å². The van der Waals surface area contributed by atoms with Crippen LogP contribution in [0, 0.1) is 6.92 Å². The number of pyridine rings is 4. The number of imidazole rings is 1. The lowest BCUT2D eigenvalue weighted by Crippen LogP contribution is -2.39. The fourth-order valence-electron chi connectivity index (χ4n) is 6.10. The Labute approximate surface area is 216 Å². The van der Waals surface area contributed by atoms with Crippen LogP contribution < -0.4 is 4.90 Å². The summed E-state index contributed by atoms with van der Waals surface area (Å²) in [5.74, 6) is 1.10. The topological polar surface area (TPSA) is 62.5 Å². The Hall–Kier alpha value is -3.84. The Balaban J connectivity index is 1.17. The molecule has 7 nitrogen and oxygen atoms in total. The highest BCUT2D eigenvalue weighted by atomic mass is 15.3. The van der Waals surface area contributed by atoms with Crippen molar-refractivity contribution in [1.29, 1.82) is 0 Å². The summed E-state index contributed by atoms with van der Waals surface area (Å²) >= 11 is 0. The second-order valence-electron chi connectivity index (χ2n) is 10.4. The van der Waals surface area contributed by atoms with Crippen molar-refractivity contribution < 1.29 is 0 Å². The molecule has 0 aliphatic carbocycles. The number of hydrogen-bond donors (Lipinski definition) is 0. The van der Waals surface area contributed by atoms with E-state index in [4.69, 9.17) is 9.97 Å². The van der Waals surface area contributed by atoms with E-state index in [1.807, 2.05) is 37.8 Å². The smallest absolute Gasteiger partial charge is 0.137 e. The van der Waals surface area contributed by atoms with Crippen LogP contribution in [-0.2, 0) is 0 Å². The van der Waals surface area contributed by atoms with E-state index in [1.165, 1.54) is 45.3 Å². The molecule has 7 rings (SSSR count). The maximum absolute atomic E-state index is 4.91. The molecule has 2 aliphatic rings. The van der Waals surface area contributed by atoms with Crippen LogP contribution >= 0.6 is 0 Å². The van der Waals surface area contributed by atoms with Crippen LogP contribution in [0.5, 0.6) is 0 Å². The number of hydrogen-bond acceptors (Lipinski definition) is 6. The molecule has 1 atom stereocenters. The van der Waals surface area contributed by atoms with Crippen molar-refractivity contribution in [3.8, 4) is 22.4 Å². The molecule has 5 aromatic rings. The van der Waals surface area contributed by atoms with Gasteiger partial charge >= 0.3 is 0 Å². The maximum atomic E-state index is 4.91. The monoisotopic (exact) mass is 489 g/mol. The lowest BCUT2D eigenvalue weighted by molar-refractivity contribution is 0.313. The lowest BCUT2D eigenvalue weighted by atomic mass is 10.1. The van der Waals surface area contributed by atoms with Crippen molar-refractivity contribution in [1.82, 2.24) is 29.2 Å². The molecule has 5 aromatic heterocycles. The summed E-state index contributed by atoms with van der Waals surface area (Å²) in [5, 5.41) is 1.08. The molecule has 0 aromatic carbocycles. The first-order chi connectivity index (χ1) is 18.2. The van der Waals surface area contributed by atoms with Gasteiger partial charge in [-0.1, -0.05) is 0 Å². The van der Waals surface area contributed by atoms with Crippen molar-refractivity contribution in [2.45, 2.75) is 38.6 Å². The average molecular weight is 490 g/mol. The first kappa shape index (κ1) is 22.4. The van der Waals surface area contributed by atoms with Gasteiger partial charge in [0.15, 0.2) is 0 Å². The maximum Gasteiger partial charge on any atom is 0.137 e. The van der Waals surface area contributed by atoms with Crippen molar-refractivity contribution in [2.24, 2.45) is 0 Å². The molecule has 0 spiro atoms. The van der Waals surface area contributed by atoms with Gasteiger partial charge in [-0.05, 0) is 87.7 Å². The third-order valence-electron chi connectivity index (χ3n) is 7.95. The number of likely N-dealkylation sites (tertiary alicyclic amines) is 1. The van der Waals surface area contributed by atoms with Crippen LogP contribution in [0.4, 0.5) is 5.82 Å². The lowest BCUT2D eigenvalue weighted by Gasteiger charge is -2.29. The minimum absolute atomic E-state index is 0.583. The highest BCUT2D eigenvalue weighted by Gasteiger charge is 2.28. The van der Waals surface area contributed by atoms with E-state index in [1.54, 1.807) is 0 Å². The van der Waals surface area contributed by atoms with E-state index in [-0.39, 0.29) is 0 Å². The minimum atomic E-state index is 0.583. The molecule has 2 aliphatic heterocycles. The number of aryl methyl sites for hydroxylation is 1. The molecule has 0 saturated carbocycles. The first-order valence-electron chi connectivity index (χ1n) is 13.4. The number of aromatic nitrogens is 5. The zero-order valence-corrected chi connectivity index (χ0v) is 21.2. The third-order valence-corrected chi connectivity index (χ3v) is 7.95. The van der Waals surface area contributed by atoms with E-state index in [0.29, 0.717) is 6.04 Å². The molecule has 2 fully saturated rings. The van der Waals surface area contributed by atoms with Crippen LogP contribution in [0.15, 0.2) is 67.4 Å². The Bertz CT molecular complexity index is 1570. The Morgan fingerprint density at radius 3 is 2.68 bits per heavy atom. The summed E-state index contributed by atoms with van der Waals surface area (Å²) in [5.41, 5.74) is 7.18. The molecule has 7 heterocycles. The van der Waals surface area contributed by atoms with Gasteiger partial charge in [0.05, 0.1) is 23.6 Å². The summed E-state index contributed by atoms with van der Waals surface area (Å²) in [4.78, 5) is 23.7. The number of fused-ring (bicyclic) bond motifs is 2. The fraction of sp³-hybridized carbons (Fsp3) is 0.333. The number of nitrogens with zero attached hydrogens (tertiary/aromatic N) is 7. The zero-order valence-electron chi connectivity index (χ0n) is 21.2. The van der Waals surface area contributed by atoms with E-state index in [2.05, 4.69) is 60.7 Å². The fourth-order valence-corrected chi connectivity index (χ4v) is 6.10. The van der Waals surface area contributed by atoms with Gasteiger partial charge in [-0.15, -0.1) is 0 Å². The predicted molar refractivity (Wildman–Crippen MR) is 148 cm³/mol. The summed E-state index contributed by atoms with van der Waals surface area (Å²) in [6, 6.07) is 13.4. The van der Waals surface area contributed by atoms with E-state index in [9.17, 15) is 0 Å².